The predicted molar refractivity (Wildman–Crippen MR) is 254 cm³/mol. The van der Waals surface area contributed by atoms with Crippen molar-refractivity contribution in [2.24, 2.45) is 11.8 Å². The van der Waals surface area contributed by atoms with Gasteiger partial charge < -0.3 is 24.8 Å². The maximum absolute atomic E-state index is 2.47. The summed E-state index contributed by atoms with van der Waals surface area (Å²) in [7, 11) is 0. The zero-order chi connectivity index (χ0) is 40.5. The van der Waals surface area contributed by atoms with Crippen molar-refractivity contribution in [3.63, 3.8) is 0 Å². The maximum atomic E-state index is 2.47. The molecule has 0 radical (unpaired) electrons. The Morgan fingerprint density at radius 1 is 0.517 bits per heavy atom. The predicted octanol–water partition coefficient (Wildman–Crippen LogP) is 11.0. The number of rotatable bonds is 12. The van der Waals surface area contributed by atoms with Gasteiger partial charge >= 0.3 is 54.7 Å². The fraction of sp³-hybridized carbons (Fsp3) is 0.464. The molecule has 8 rings (SSSR count). The third kappa shape index (κ3) is 15.2. The fourth-order valence-electron chi connectivity index (χ4n) is 9.79. The third-order valence-electron chi connectivity index (χ3n) is 12.9. The molecule has 2 aliphatic rings. The quantitative estimate of drug-likeness (QED) is 0.0652. The van der Waals surface area contributed by atoms with Crippen LogP contribution in [0.2, 0.25) is 12.6 Å². The van der Waals surface area contributed by atoms with Crippen molar-refractivity contribution >= 4 is 27.0 Å². The van der Waals surface area contributed by atoms with Gasteiger partial charge in [-0.3, -0.25) is 0 Å². The summed E-state index contributed by atoms with van der Waals surface area (Å²) in [6.07, 6.45) is 25.9. The van der Waals surface area contributed by atoms with Crippen molar-refractivity contribution in [1.82, 2.24) is 0 Å². The SMILES string of the molecule is CCC[Si](C)=[Zr+2].CCCc1ccc(-c2cccc3[cH-]c(CC4CCCCCC4)cc23)cc1.CCCc1ccc(-c2cccc3[cH-]c(CC4CCCCCC4)cc23)cc1.[Cl-].[Cl-]. The van der Waals surface area contributed by atoms with Gasteiger partial charge in [-0.05, 0) is 59.8 Å². The van der Waals surface area contributed by atoms with E-state index in [1.165, 1.54) is 183 Å². The van der Waals surface area contributed by atoms with Gasteiger partial charge in [0.1, 0.15) is 0 Å². The zero-order valence-electron chi connectivity index (χ0n) is 37.4. The van der Waals surface area contributed by atoms with Gasteiger partial charge in [-0.25, -0.2) is 0 Å². The Morgan fingerprint density at radius 3 is 1.22 bits per heavy atom. The summed E-state index contributed by atoms with van der Waals surface area (Å²) in [5.41, 5.74) is 11.7. The molecule has 2 aliphatic carbocycles. The normalized spacial score (nSPS) is 14.8. The minimum Gasteiger partial charge on any atom is -1.00 e. The second kappa shape index (κ2) is 27.1. The van der Waals surface area contributed by atoms with Gasteiger partial charge in [0, 0.05) is 0 Å². The van der Waals surface area contributed by atoms with Crippen molar-refractivity contribution in [1.29, 1.82) is 0 Å². The molecule has 0 atom stereocenters. The molecule has 0 aliphatic heterocycles. The Balaban J connectivity index is 0.000000227. The van der Waals surface area contributed by atoms with Crippen LogP contribution in [0.1, 0.15) is 139 Å². The molecule has 0 aromatic heterocycles. The van der Waals surface area contributed by atoms with E-state index in [9.17, 15) is 0 Å². The van der Waals surface area contributed by atoms with E-state index in [2.05, 4.69) is 137 Å². The molecule has 0 heterocycles. The summed E-state index contributed by atoms with van der Waals surface area (Å²) in [4.78, 5) is 0. The van der Waals surface area contributed by atoms with Crippen molar-refractivity contribution in [2.75, 3.05) is 0 Å². The smallest absolute Gasteiger partial charge is 0.0279 e. The standard InChI is InChI=1S/2C26H31.C4H10Si.2ClH.Zr/c2*1-2-8-20-13-15-23(16-14-20)25-12-7-11-24-18-22(19-26(24)25)17-21-9-5-3-4-6-10-21;1-3-4-5-2;;;/h2*7,11-16,18-19,21H,2-6,8-10,17H2,1H3;3-4H2,1-2H3;2*1H;/q2*-1;;;;+2/p-2. The molecular weight excluding hydrogens is 863 g/mol. The Labute approximate surface area is 393 Å². The molecule has 4 heteroatoms. The minimum atomic E-state index is 0. The second-order valence-electron chi connectivity index (χ2n) is 17.9. The second-order valence-corrected chi connectivity index (χ2v) is 26.2. The van der Waals surface area contributed by atoms with Crippen molar-refractivity contribution in [3.05, 3.63) is 131 Å². The molecule has 0 amide bonds. The van der Waals surface area contributed by atoms with E-state index in [1.54, 1.807) is 34.5 Å². The number of benzene rings is 4. The molecule has 0 nitrogen and oxygen atoms in total. The summed E-state index contributed by atoms with van der Waals surface area (Å²) < 4.78 is 0. The first-order valence-corrected chi connectivity index (χ1v) is 29.4. The van der Waals surface area contributed by atoms with E-state index in [0.29, 0.717) is 0 Å². The average molecular weight is 935 g/mol. The fourth-order valence-corrected chi connectivity index (χ4v) is 12.4. The Bertz CT molecular complexity index is 1960. The number of fused-ring (bicyclic) bond motifs is 2. The van der Waals surface area contributed by atoms with Gasteiger partial charge in [0.05, 0.1) is 0 Å². The van der Waals surface area contributed by atoms with Crippen LogP contribution in [0.25, 0.3) is 43.8 Å². The van der Waals surface area contributed by atoms with Crippen molar-refractivity contribution in [3.8, 4) is 22.3 Å². The van der Waals surface area contributed by atoms with Crippen LogP contribution in [0.5, 0.6) is 0 Å². The molecular formula is C56H72Cl2SiZr-2. The first-order chi connectivity index (χ1) is 28.4. The Hall–Kier alpha value is -2.22. The summed E-state index contributed by atoms with van der Waals surface area (Å²) in [5.74, 6) is 1.79. The first-order valence-electron chi connectivity index (χ1n) is 23.5. The number of aryl methyl sites for hydroxylation is 2. The van der Waals surface area contributed by atoms with Crippen LogP contribution >= 0.6 is 0 Å². The van der Waals surface area contributed by atoms with E-state index >= 15 is 0 Å². The van der Waals surface area contributed by atoms with Crippen LogP contribution in [0.15, 0.2) is 109 Å². The first kappa shape index (κ1) is 50.4. The van der Waals surface area contributed by atoms with E-state index < -0.39 is 0 Å². The van der Waals surface area contributed by atoms with E-state index in [4.69, 9.17) is 0 Å². The number of hydrogen-bond donors (Lipinski definition) is 0. The van der Waals surface area contributed by atoms with E-state index in [0.717, 1.165) is 11.8 Å². The molecule has 0 N–H and O–H groups in total. The molecule has 0 saturated heterocycles. The molecule has 60 heavy (non-hydrogen) atoms. The number of halogens is 2. The van der Waals surface area contributed by atoms with Gasteiger partial charge in [-0.1, -0.05) is 176 Å². The van der Waals surface area contributed by atoms with Crippen LogP contribution in [0.4, 0.5) is 0 Å². The monoisotopic (exact) mass is 932 g/mol. The summed E-state index contributed by atoms with van der Waals surface area (Å²) in [6, 6.07) is 43.3. The number of hydrogen-bond acceptors (Lipinski definition) is 0. The molecule has 2 saturated carbocycles. The summed E-state index contributed by atoms with van der Waals surface area (Å²) >= 11 is 1.79. The van der Waals surface area contributed by atoms with Crippen molar-refractivity contribution in [2.45, 2.75) is 155 Å². The van der Waals surface area contributed by atoms with Gasteiger partial charge in [-0.2, -0.15) is 12.1 Å². The van der Waals surface area contributed by atoms with Crippen LogP contribution in [-0.4, -0.2) is 5.43 Å². The maximum Gasteiger partial charge on any atom is -0.0279 e. The van der Waals surface area contributed by atoms with Crippen molar-refractivity contribution < 1.29 is 48.1 Å². The average Bonchev–Trinajstić information content (AvgIpc) is 3.62. The molecule has 6 aromatic rings. The Morgan fingerprint density at radius 2 is 0.900 bits per heavy atom. The third-order valence-corrected chi connectivity index (χ3v) is 15.9. The largest absolute Gasteiger partial charge is 1.00 e. The molecule has 2 fully saturated rings. The van der Waals surface area contributed by atoms with Crippen LogP contribution in [0, 0.1) is 11.8 Å². The van der Waals surface area contributed by atoms with Gasteiger partial charge in [0.25, 0.3) is 0 Å². The van der Waals surface area contributed by atoms with Gasteiger partial charge in [0.15, 0.2) is 0 Å². The van der Waals surface area contributed by atoms with Gasteiger partial charge in [0.2, 0.25) is 0 Å². The molecule has 0 bridgehead atoms. The van der Waals surface area contributed by atoms with E-state index in [1.807, 2.05) is 0 Å². The van der Waals surface area contributed by atoms with Crippen LogP contribution in [0.3, 0.4) is 0 Å². The van der Waals surface area contributed by atoms with E-state index in [-0.39, 0.29) is 30.2 Å². The summed E-state index contributed by atoms with van der Waals surface area (Å²) in [6.45, 7) is 9.15. The topological polar surface area (TPSA) is 0 Å². The minimum absolute atomic E-state index is 0. The molecule has 6 aromatic carbocycles. The van der Waals surface area contributed by atoms with Crippen LogP contribution < -0.4 is 24.8 Å². The van der Waals surface area contributed by atoms with Gasteiger partial charge in [-0.15, -0.1) is 69.1 Å². The van der Waals surface area contributed by atoms with Crippen LogP contribution in [-0.2, 0) is 49.0 Å². The summed E-state index contributed by atoms with van der Waals surface area (Å²) in [5, 5.41) is 5.67. The molecule has 0 spiro atoms. The molecule has 320 valence electrons. The molecule has 0 unspecified atom stereocenters. The Kier molecular flexibility index (Phi) is 22.8. The zero-order valence-corrected chi connectivity index (χ0v) is 42.4.